The third-order valence-corrected chi connectivity index (χ3v) is 7.52. The molecule has 0 spiro atoms. The van der Waals surface area contributed by atoms with Gasteiger partial charge in [0, 0.05) is 24.5 Å². The number of aromatic nitrogens is 2. The fourth-order valence-electron chi connectivity index (χ4n) is 3.38. The van der Waals surface area contributed by atoms with Gasteiger partial charge in [-0.1, -0.05) is 48.2 Å². The molecule has 5 nitrogen and oxygen atoms in total. The van der Waals surface area contributed by atoms with E-state index < -0.39 is 5.25 Å². The first kappa shape index (κ1) is 22.3. The predicted octanol–water partition coefficient (Wildman–Crippen LogP) is 4.96. The molecule has 0 saturated carbocycles. The molecule has 3 rings (SSSR count). The number of carbonyl (C=O) groups is 1. The third-order valence-electron chi connectivity index (χ3n) is 5.19. The van der Waals surface area contributed by atoms with Crippen LogP contribution in [0, 0.1) is 13.8 Å². The summed E-state index contributed by atoms with van der Waals surface area (Å²) in [6.45, 7) is 13.3. The number of hydrogen-bond donors (Lipinski definition) is 0. The van der Waals surface area contributed by atoms with Gasteiger partial charge >= 0.3 is 0 Å². The monoisotopic (exact) mass is 441 g/mol. The number of hydrogen-bond acceptors (Lipinski definition) is 5. The maximum Gasteiger partial charge on any atom is 0.263 e. The van der Waals surface area contributed by atoms with Crippen molar-refractivity contribution in [3.05, 3.63) is 69.3 Å². The molecule has 30 heavy (non-hydrogen) atoms. The van der Waals surface area contributed by atoms with Gasteiger partial charge in [0.1, 0.15) is 10.1 Å². The Hall–Kier alpha value is -2.38. The van der Waals surface area contributed by atoms with E-state index in [1.54, 1.807) is 10.6 Å². The minimum absolute atomic E-state index is 0.0224. The quantitative estimate of drug-likeness (QED) is 0.282. The number of fused-ring (bicyclic) bond motifs is 1. The lowest BCUT2D eigenvalue weighted by molar-refractivity contribution is -0.130. The number of aryl methyl sites for hydroxylation is 2. The van der Waals surface area contributed by atoms with Gasteiger partial charge in [-0.15, -0.1) is 17.9 Å². The van der Waals surface area contributed by atoms with Gasteiger partial charge in [0.2, 0.25) is 5.91 Å². The summed E-state index contributed by atoms with van der Waals surface area (Å²) in [5.41, 5.74) is 1.80. The van der Waals surface area contributed by atoms with Crippen LogP contribution < -0.4 is 5.56 Å². The number of thiophene rings is 1. The van der Waals surface area contributed by atoms with Gasteiger partial charge in [0.05, 0.1) is 5.39 Å². The highest BCUT2D eigenvalue weighted by molar-refractivity contribution is 8.00. The van der Waals surface area contributed by atoms with Crippen molar-refractivity contribution in [1.29, 1.82) is 0 Å². The Balaban J connectivity index is 2.16. The Morgan fingerprint density at radius 1 is 1.27 bits per heavy atom. The first-order valence-corrected chi connectivity index (χ1v) is 11.7. The van der Waals surface area contributed by atoms with Crippen LogP contribution in [0.15, 0.2) is 52.9 Å². The zero-order chi connectivity index (χ0) is 21.8. The van der Waals surface area contributed by atoms with Gasteiger partial charge < -0.3 is 4.90 Å². The number of nitrogens with zero attached hydrogens (tertiary/aromatic N) is 3. The summed E-state index contributed by atoms with van der Waals surface area (Å²) in [6.07, 6.45) is 1.69. The lowest BCUT2D eigenvalue weighted by Gasteiger charge is -2.25. The average Bonchev–Trinajstić information content (AvgIpc) is 3.03. The summed E-state index contributed by atoms with van der Waals surface area (Å²) in [6, 6.07) is 9.69. The first-order chi connectivity index (χ1) is 14.4. The molecule has 1 amide bonds. The molecule has 0 bridgehead atoms. The van der Waals surface area contributed by atoms with Gasteiger partial charge in [-0.05, 0) is 38.8 Å². The number of carbonyl (C=O) groups excluding carboxylic acids is 1. The zero-order valence-electron chi connectivity index (χ0n) is 17.8. The normalized spacial score (nSPS) is 12.1. The maximum atomic E-state index is 13.4. The molecule has 1 atom stereocenters. The summed E-state index contributed by atoms with van der Waals surface area (Å²) < 4.78 is 1.63. The Kier molecular flexibility index (Phi) is 7.15. The second-order valence-corrected chi connectivity index (χ2v) is 9.26. The second kappa shape index (κ2) is 9.62. The summed E-state index contributed by atoms with van der Waals surface area (Å²) >= 11 is 2.86. The Morgan fingerprint density at radius 3 is 2.53 bits per heavy atom. The van der Waals surface area contributed by atoms with E-state index in [1.807, 2.05) is 62.9 Å². The lowest BCUT2D eigenvalue weighted by atomic mass is 10.1. The number of rotatable bonds is 8. The second-order valence-electron chi connectivity index (χ2n) is 6.98. The van der Waals surface area contributed by atoms with Crippen molar-refractivity contribution in [2.45, 2.75) is 44.6 Å². The van der Waals surface area contributed by atoms with E-state index in [-0.39, 0.29) is 11.5 Å². The summed E-state index contributed by atoms with van der Waals surface area (Å²) in [5, 5.41) is 0.728. The molecule has 2 aromatic heterocycles. The molecule has 7 heteroatoms. The largest absolute Gasteiger partial charge is 0.342 e. The Bertz CT molecular complexity index is 1110. The first-order valence-electron chi connectivity index (χ1n) is 10.0. The van der Waals surface area contributed by atoms with Gasteiger partial charge in [-0.25, -0.2) is 4.98 Å². The summed E-state index contributed by atoms with van der Waals surface area (Å²) in [7, 11) is 0. The van der Waals surface area contributed by atoms with Gasteiger partial charge in [-0.2, -0.15) is 0 Å². The maximum absolute atomic E-state index is 13.4. The van der Waals surface area contributed by atoms with Crippen molar-refractivity contribution >= 4 is 39.2 Å². The van der Waals surface area contributed by atoms with Gasteiger partial charge in [0.15, 0.2) is 5.16 Å². The van der Waals surface area contributed by atoms with Crippen molar-refractivity contribution in [3.63, 3.8) is 0 Å². The van der Waals surface area contributed by atoms with Gasteiger partial charge in [0.25, 0.3) is 5.56 Å². The number of benzene rings is 1. The van der Waals surface area contributed by atoms with E-state index in [0.717, 1.165) is 20.8 Å². The Labute approximate surface area is 185 Å². The van der Waals surface area contributed by atoms with E-state index in [0.29, 0.717) is 30.2 Å². The van der Waals surface area contributed by atoms with Crippen molar-refractivity contribution in [1.82, 2.24) is 14.5 Å². The molecule has 0 aliphatic carbocycles. The highest BCUT2D eigenvalue weighted by Gasteiger charge is 2.28. The molecular weight excluding hydrogens is 414 g/mol. The average molecular weight is 442 g/mol. The molecule has 0 N–H and O–H groups in total. The van der Waals surface area contributed by atoms with Crippen molar-refractivity contribution in [2.75, 3.05) is 13.1 Å². The van der Waals surface area contributed by atoms with Crippen LogP contribution in [0.1, 0.15) is 35.1 Å². The highest BCUT2D eigenvalue weighted by Crippen LogP contribution is 2.37. The molecular formula is C23H27N3O2S2. The fraction of sp³-hybridized carbons (Fsp3) is 0.348. The van der Waals surface area contributed by atoms with Crippen molar-refractivity contribution in [2.24, 2.45) is 0 Å². The Morgan fingerprint density at radius 2 is 1.93 bits per heavy atom. The standard InChI is InChI=1S/C23H27N3O2S2/c1-6-14-26-21(27)18-15(4)16(5)29-20(18)24-23(26)30-19(17-12-10-9-11-13-17)22(28)25(7-2)8-3/h6,9-13,19H,1,7-8,14H2,2-5H3. The molecule has 0 fully saturated rings. The molecule has 1 aromatic carbocycles. The number of amides is 1. The van der Waals surface area contributed by atoms with E-state index in [9.17, 15) is 9.59 Å². The lowest BCUT2D eigenvalue weighted by Crippen LogP contribution is -2.34. The van der Waals surface area contributed by atoms with E-state index in [1.165, 1.54) is 23.1 Å². The van der Waals surface area contributed by atoms with E-state index in [2.05, 4.69) is 6.58 Å². The third kappa shape index (κ3) is 4.23. The molecule has 0 aliphatic rings. The van der Waals surface area contributed by atoms with E-state index >= 15 is 0 Å². The molecule has 1 unspecified atom stereocenters. The van der Waals surface area contributed by atoms with Crippen LogP contribution in [-0.4, -0.2) is 33.4 Å². The molecule has 3 aromatic rings. The fourth-order valence-corrected chi connectivity index (χ4v) is 5.64. The smallest absolute Gasteiger partial charge is 0.263 e. The van der Waals surface area contributed by atoms with Crippen LogP contribution in [0.4, 0.5) is 0 Å². The topological polar surface area (TPSA) is 55.2 Å². The number of allylic oxidation sites excluding steroid dienone is 1. The summed E-state index contributed by atoms with van der Waals surface area (Å²) in [5.74, 6) is 0.0224. The molecule has 0 aliphatic heterocycles. The van der Waals surface area contributed by atoms with Crippen LogP contribution in [0.5, 0.6) is 0 Å². The molecule has 2 heterocycles. The molecule has 0 saturated heterocycles. The predicted molar refractivity (Wildman–Crippen MR) is 127 cm³/mol. The minimum atomic E-state index is -0.478. The van der Waals surface area contributed by atoms with Crippen LogP contribution in [0.2, 0.25) is 0 Å². The van der Waals surface area contributed by atoms with Crippen LogP contribution in [0.3, 0.4) is 0 Å². The van der Waals surface area contributed by atoms with Crippen molar-refractivity contribution < 1.29 is 4.79 Å². The highest BCUT2D eigenvalue weighted by atomic mass is 32.2. The number of likely N-dealkylation sites (N-methyl/N-ethyl adjacent to an activating group) is 1. The van der Waals surface area contributed by atoms with E-state index in [4.69, 9.17) is 4.98 Å². The minimum Gasteiger partial charge on any atom is -0.342 e. The van der Waals surface area contributed by atoms with Crippen LogP contribution >= 0.6 is 23.1 Å². The SMILES string of the molecule is C=CCn1c(SC(C(=O)N(CC)CC)c2ccccc2)nc2sc(C)c(C)c2c1=O. The van der Waals surface area contributed by atoms with Crippen molar-refractivity contribution in [3.8, 4) is 0 Å². The van der Waals surface area contributed by atoms with Crippen LogP contribution in [-0.2, 0) is 11.3 Å². The van der Waals surface area contributed by atoms with Crippen LogP contribution in [0.25, 0.3) is 10.2 Å². The molecule has 0 radical (unpaired) electrons. The molecule has 158 valence electrons. The zero-order valence-corrected chi connectivity index (χ0v) is 19.5. The summed E-state index contributed by atoms with van der Waals surface area (Å²) in [4.78, 5) is 35.1. The number of thioether (sulfide) groups is 1. The van der Waals surface area contributed by atoms with Gasteiger partial charge in [-0.3, -0.25) is 14.2 Å².